The van der Waals surface area contributed by atoms with Gasteiger partial charge >= 0.3 is 0 Å². The van der Waals surface area contributed by atoms with Gasteiger partial charge in [0.1, 0.15) is 0 Å². The molecule has 0 saturated carbocycles. The summed E-state index contributed by atoms with van der Waals surface area (Å²) in [5, 5.41) is 5.23. The molecule has 2 nitrogen and oxygen atoms in total. The fourth-order valence-electron chi connectivity index (χ4n) is 1.67. The van der Waals surface area contributed by atoms with E-state index in [1.807, 2.05) is 38.1 Å². The van der Waals surface area contributed by atoms with Crippen LogP contribution in [0.2, 0.25) is 0 Å². The number of carbonyl (C=O) groups excluding carboxylic acids is 1. The largest absolute Gasteiger partial charge is 0.352 e. The van der Waals surface area contributed by atoms with E-state index in [2.05, 4.69) is 23.5 Å². The Balaban J connectivity index is 0.000000686. The minimum atomic E-state index is 0.00272. The van der Waals surface area contributed by atoms with Crippen LogP contribution in [-0.4, -0.2) is 5.91 Å². The Morgan fingerprint density at radius 2 is 1.71 bits per heavy atom. The van der Waals surface area contributed by atoms with Crippen LogP contribution in [0.25, 0.3) is 10.8 Å². The van der Waals surface area contributed by atoms with Crippen LogP contribution < -0.4 is 5.32 Å². The maximum absolute atomic E-state index is 10.8. The molecule has 0 unspecified atom stereocenters. The lowest BCUT2D eigenvalue weighted by Gasteiger charge is -2.06. The zero-order valence-corrected chi connectivity index (χ0v) is 10.7. The molecule has 2 aromatic carbocycles. The fraction of sp³-hybridized carbons (Fsp3) is 0.267. The van der Waals surface area contributed by atoms with Gasteiger partial charge in [0.25, 0.3) is 0 Å². The highest BCUT2D eigenvalue weighted by molar-refractivity contribution is 5.86. The highest BCUT2D eigenvalue weighted by atomic mass is 16.1. The van der Waals surface area contributed by atoms with E-state index >= 15 is 0 Å². The maximum Gasteiger partial charge on any atom is 0.217 e. The van der Waals surface area contributed by atoms with Crippen molar-refractivity contribution in [3.05, 3.63) is 48.0 Å². The van der Waals surface area contributed by atoms with Gasteiger partial charge < -0.3 is 5.32 Å². The van der Waals surface area contributed by atoms with Crippen molar-refractivity contribution in [1.29, 1.82) is 0 Å². The molecule has 0 aliphatic carbocycles. The first-order chi connectivity index (χ1) is 8.27. The van der Waals surface area contributed by atoms with Gasteiger partial charge in [-0.15, -0.1) is 0 Å². The first-order valence-corrected chi connectivity index (χ1v) is 5.98. The second-order valence-corrected chi connectivity index (χ2v) is 3.55. The number of benzene rings is 2. The summed E-state index contributed by atoms with van der Waals surface area (Å²) >= 11 is 0. The summed E-state index contributed by atoms with van der Waals surface area (Å²) in [6, 6.07) is 14.3. The third-order valence-electron chi connectivity index (χ3n) is 2.41. The van der Waals surface area contributed by atoms with Crippen molar-refractivity contribution in [3.63, 3.8) is 0 Å². The molecule has 0 bridgehead atoms. The van der Waals surface area contributed by atoms with Crippen molar-refractivity contribution in [3.8, 4) is 0 Å². The molecule has 2 aromatic rings. The summed E-state index contributed by atoms with van der Waals surface area (Å²) in [5.41, 5.74) is 1.16. The summed E-state index contributed by atoms with van der Waals surface area (Å²) in [7, 11) is 0. The van der Waals surface area contributed by atoms with Gasteiger partial charge in [0.05, 0.1) is 0 Å². The second kappa shape index (κ2) is 6.69. The van der Waals surface area contributed by atoms with Crippen molar-refractivity contribution in [1.82, 2.24) is 5.32 Å². The molecule has 2 heteroatoms. The Kier molecular flexibility index (Phi) is 5.21. The maximum atomic E-state index is 10.8. The van der Waals surface area contributed by atoms with E-state index in [9.17, 15) is 4.79 Å². The predicted molar refractivity (Wildman–Crippen MR) is 72.8 cm³/mol. The van der Waals surface area contributed by atoms with Gasteiger partial charge in [-0.25, -0.2) is 0 Å². The molecule has 90 valence electrons. The molecule has 0 heterocycles. The minimum absolute atomic E-state index is 0.00272. The van der Waals surface area contributed by atoms with E-state index < -0.39 is 0 Å². The van der Waals surface area contributed by atoms with Gasteiger partial charge in [0.15, 0.2) is 0 Å². The van der Waals surface area contributed by atoms with Crippen molar-refractivity contribution < 1.29 is 4.79 Å². The quantitative estimate of drug-likeness (QED) is 0.839. The van der Waals surface area contributed by atoms with E-state index in [-0.39, 0.29) is 5.91 Å². The molecule has 0 radical (unpaired) electrons. The number of amides is 1. The van der Waals surface area contributed by atoms with E-state index in [1.165, 1.54) is 17.7 Å². The van der Waals surface area contributed by atoms with Crippen LogP contribution in [0.1, 0.15) is 26.3 Å². The Bertz CT molecular complexity index is 486. The van der Waals surface area contributed by atoms with Gasteiger partial charge in [0, 0.05) is 13.5 Å². The Hall–Kier alpha value is -1.83. The molecule has 0 aromatic heterocycles. The van der Waals surface area contributed by atoms with E-state index in [1.54, 1.807) is 0 Å². The molecule has 0 spiro atoms. The van der Waals surface area contributed by atoms with Crippen molar-refractivity contribution in [2.75, 3.05) is 0 Å². The normalized spacial score (nSPS) is 9.35. The molecule has 2 rings (SSSR count). The third kappa shape index (κ3) is 3.59. The van der Waals surface area contributed by atoms with Crippen LogP contribution in [0, 0.1) is 0 Å². The summed E-state index contributed by atoms with van der Waals surface area (Å²) in [6.07, 6.45) is 0. The number of fused-ring (bicyclic) bond motifs is 1. The molecule has 17 heavy (non-hydrogen) atoms. The van der Waals surface area contributed by atoms with Gasteiger partial charge in [-0.2, -0.15) is 0 Å². The Morgan fingerprint density at radius 3 is 2.41 bits per heavy atom. The fourth-order valence-corrected chi connectivity index (χ4v) is 1.67. The van der Waals surface area contributed by atoms with Gasteiger partial charge in [-0.1, -0.05) is 56.3 Å². The Morgan fingerprint density at radius 1 is 1.06 bits per heavy atom. The van der Waals surface area contributed by atoms with Crippen LogP contribution in [0.5, 0.6) is 0 Å². The van der Waals surface area contributed by atoms with Crippen LogP contribution in [-0.2, 0) is 11.3 Å². The zero-order chi connectivity index (χ0) is 12.7. The van der Waals surface area contributed by atoms with Crippen LogP contribution in [0.3, 0.4) is 0 Å². The smallest absolute Gasteiger partial charge is 0.217 e. The summed E-state index contributed by atoms with van der Waals surface area (Å²) in [6.45, 7) is 6.13. The minimum Gasteiger partial charge on any atom is -0.352 e. The number of rotatable bonds is 2. The lowest BCUT2D eigenvalue weighted by atomic mass is 10.0. The highest BCUT2D eigenvalue weighted by Crippen LogP contribution is 2.17. The monoisotopic (exact) mass is 229 g/mol. The van der Waals surface area contributed by atoms with Gasteiger partial charge in [-0.05, 0) is 16.3 Å². The van der Waals surface area contributed by atoms with Crippen LogP contribution >= 0.6 is 0 Å². The molecule has 0 saturated heterocycles. The van der Waals surface area contributed by atoms with Gasteiger partial charge in [0.2, 0.25) is 5.91 Å². The molecule has 1 amide bonds. The first-order valence-electron chi connectivity index (χ1n) is 5.98. The zero-order valence-electron chi connectivity index (χ0n) is 10.7. The van der Waals surface area contributed by atoms with E-state index in [0.29, 0.717) is 6.54 Å². The van der Waals surface area contributed by atoms with E-state index in [0.717, 1.165) is 5.56 Å². The highest BCUT2D eigenvalue weighted by Gasteiger charge is 1.99. The summed E-state index contributed by atoms with van der Waals surface area (Å²) in [4.78, 5) is 10.8. The van der Waals surface area contributed by atoms with E-state index in [4.69, 9.17) is 0 Å². The standard InChI is InChI=1S/C13H13NO.C2H6/c1-10(15)14-9-12-7-4-6-11-5-2-3-8-13(11)12;1-2/h2-8H,9H2,1H3,(H,14,15);1-2H3. The molecular formula is C15H19NO. The van der Waals surface area contributed by atoms with Gasteiger partial charge in [-0.3, -0.25) is 4.79 Å². The lowest BCUT2D eigenvalue weighted by Crippen LogP contribution is -2.18. The number of hydrogen-bond donors (Lipinski definition) is 1. The molecule has 0 fully saturated rings. The van der Waals surface area contributed by atoms with Crippen molar-refractivity contribution in [2.24, 2.45) is 0 Å². The Labute approximate surface area is 103 Å². The third-order valence-corrected chi connectivity index (χ3v) is 2.41. The topological polar surface area (TPSA) is 29.1 Å². The average molecular weight is 229 g/mol. The number of carbonyl (C=O) groups is 1. The van der Waals surface area contributed by atoms with Crippen molar-refractivity contribution in [2.45, 2.75) is 27.3 Å². The number of nitrogens with one attached hydrogen (secondary N) is 1. The van der Waals surface area contributed by atoms with Crippen LogP contribution in [0.15, 0.2) is 42.5 Å². The predicted octanol–water partition coefficient (Wildman–Crippen LogP) is 3.50. The second-order valence-electron chi connectivity index (χ2n) is 3.55. The molecule has 1 N–H and O–H groups in total. The lowest BCUT2D eigenvalue weighted by molar-refractivity contribution is -0.119. The first kappa shape index (κ1) is 13.2. The average Bonchev–Trinajstić information content (AvgIpc) is 2.38. The molecule has 0 aliphatic rings. The molecule has 0 aliphatic heterocycles. The summed E-state index contributed by atoms with van der Waals surface area (Å²) in [5.74, 6) is 0.00272. The SMILES string of the molecule is CC.CC(=O)NCc1cccc2ccccc12. The summed E-state index contributed by atoms with van der Waals surface area (Å²) < 4.78 is 0. The van der Waals surface area contributed by atoms with Crippen molar-refractivity contribution >= 4 is 16.7 Å². The molecule has 0 atom stereocenters. The molecular weight excluding hydrogens is 210 g/mol. The number of hydrogen-bond acceptors (Lipinski definition) is 1. The van der Waals surface area contributed by atoms with Crippen LogP contribution in [0.4, 0.5) is 0 Å².